The van der Waals surface area contributed by atoms with Crippen LogP contribution in [0.15, 0.2) is 84.0 Å². The number of amides is 2. The molecule has 174 valence electrons. The Bertz CT molecular complexity index is 1150. The Hall–Kier alpha value is -4.18. The zero-order valence-corrected chi connectivity index (χ0v) is 18.8. The first-order valence-electron chi connectivity index (χ1n) is 10.2. The van der Waals surface area contributed by atoms with E-state index in [9.17, 15) is 24.8 Å². The lowest BCUT2D eigenvalue weighted by Crippen LogP contribution is -2.47. The number of hydrogen-bond donors (Lipinski definition) is 3. The first kappa shape index (κ1) is 24.5. The highest BCUT2D eigenvalue weighted by Gasteiger charge is 2.22. The number of phenolic OH excluding ortho intramolecular Hbond substituents is 1. The molecule has 3 aromatic rings. The fourth-order valence-electron chi connectivity index (χ4n) is 2.84. The van der Waals surface area contributed by atoms with Crippen LogP contribution in [-0.2, 0) is 10.5 Å². The van der Waals surface area contributed by atoms with Crippen molar-refractivity contribution < 1.29 is 19.6 Å². The van der Waals surface area contributed by atoms with Gasteiger partial charge in [-0.15, -0.1) is 0 Å². The minimum absolute atomic E-state index is 0.116. The highest BCUT2D eigenvalue weighted by Crippen LogP contribution is 2.15. The van der Waals surface area contributed by atoms with E-state index in [0.717, 1.165) is 5.56 Å². The van der Waals surface area contributed by atoms with Gasteiger partial charge in [0.15, 0.2) is 0 Å². The lowest BCUT2D eigenvalue weighted by Gasteiger charge is -2.17. The van der Waals surface area contributed by atoms with Crippen molar-refractivity contribution in [2.75, 3.05) is 5.75 Å². The number of rotatable bonds is 10. The van der Waals surface area contributed by atoms with Crippen LogP contribution >= 0.6 is 11.8 Å². The van der Waals surface area contributed by atoms with Gasteiger partial charge in [-0.3, -0.25) is 19.7 Å². The largest absolute Gasteiger partial charge is 0.508 e. The predicted octanol–water partition coefficient (Wildman–Crippen LogP) is 3.48. The van der Waals surface area contributed by atoms with Gasteiger partial charge in [0.05, 0.1) is 11.1 Å². The molecule has 34 heavy (non-hydrogen) atoms. The van der Waals surface area contributed by atoms with Crippen LogP contribution in [0.25, 0.3) is 0 Å². The maximum atomic E-state index is 12.8. The van der Waals surface area contributed by atoms with Crippen LogP contribution in [0.2, 0.25) is 0 Å². The van der Waals surface area contributed by atoms with Crippen LogP contribution in [0, 0.1) is 10.1 Å². The Morgan fingerprint density at radius 2 is 1.71 bits per heavy atom. The number of non-ortho nitro benzene ring substituents is 1. The zero-order valence-electron chi connectivity index (χ0n) is 18.0. The fraction of sp³-hybridized carbons (Fsp3) is 0.125. The number of nitro groups is 1. The van der Waals surface area contributed by atoms with Crippen LogP contribution in [0.1, 0.15) is 21.5 Å². The molecular formula is C24H22N4O5S. The molecule has 0 aromatic heterocycles. The van der Waals surface area contributed by atoms with E-state index in [1.54, 1.807) is 12.1 Å². The second-order valence-electron chi connectivity index (χ2n) is 7.16. The summed E-state index contributed by atoms with van der Waals surface area (Å²) in [6, 6.07) is 20.2. The van der Waals surface area contributed by atoms with E-state index >= 15 is 0 Å². The number of hydrogen-bond acceptors (Lipinski definition) is 7. The normalized spacial score (nSPS) is 11.6. The minimum atomic E-state index is -0.895. The van der Waals surface area contributed by atoms with Gasteiger partial charge in [0.2, 0.25) is 0 Å². The number of nitrogens with zero attached hydrogens (tertiary/aromatic N) is 2. The SMILES string of the molecule is O=C(NC(CSCc1ccccc1)C(=O)N/N=C/c1ccc(O)cc1)c1ccc([N+](=O)[O-])cc1. The molecule has 2 amide bonds. The molecule has 3 aromatic carbocycles. The second-order valence-corrected chi connectivity index (χ2v) is 8.19. The number of thioether (sulfide) groups is 1. The second kappa shape index (κ2) is 12.2. The van der Waals surface area contributed by atoms with E-state index in [4.69, 9.17) is 0 Å². The van der Waals surface area contributed by atoms with Crippen molar-refractivity contribution in [2.45, 2.75) is 11.8 Å². The molecule has 0 aliphatic heterocycles. The van der Waals surface area contributed by atoms with Gasteiger partial charge >= 0.3 is 0 Å². The summed E-state index contributed by atoms with van der Waals surface area (Å²) in [6.07, 6.45) is 1.42. The number of phenols is 1. The maximum absolute atomic E-state index is 12.8. The molecule has 10 heteroatoms. The van der Waals surface area contributed by atoms with Crippen LogP contribution in [0.3, 0.4) is 0 Å². The molecule has 0 heterocycles. The summed E-state index contributed by atoms with van der Waals surface area (Å²) >= 11 is 1.47. The lowest BCUT2D eigenvalue weighted by molar-refractivity contribution is -0.384. The first-order chi connectivity index (χ1) is 16.4. The zero-order chi connectivity index (χ0) is 24.3. The molecule has 1 atom stereocenters. The Labute approximate surface area is 200 Å². The molecule has 0 bridgehead atoms. The molecule has 0 radical (unpaired) electrons. The highest BCUT2D eigenvalue weighted by molar-refractivity contribution is 7.98. The van der Waals surface area contributed by atoms with E-state index in [1.807, 2.05) is 30.3 Å². The van der Waals surface area contributed by atoms with Crippen LogP contribution in [0.4, 0.5) is 5.69 Å². The average molecular weight is 479 g/mol. The van der Waals surface area contributed by atoms with E-state index in [-0.39, 0.29) is 22.8 Å². The third-order valence-electron chi connectivity index (χ3n) is 4.64. The van der Waals surface area contributed by atoms with Crippen LogP contribution < -0.4 is 10.7 Å². The summed E-state index contributed by atoms with van der Waals surface area (Å²) in [6.45, 7) is 0. The van der Waals surface area contributed by atoms with Crippen molar-refractivity contribution in [1.29, 1.82) is 0 Å². The van der Waals surface area contributed by atoms with Gasteiger partial charge in [0.1, 0.15) is 11.8 Å². The molecular weight excluding hydrogens is 456 g/mol. The summed E-state index contributed by atoms with van der Waals surface area (Å²) in [7, 11) is 0. The van der Waals surface area contributed by atoms with E-state index < -0.39 is 22.8 Å². The number of carbonyl (C=O) groups is 2. The van der Waals surface area contributed by atoms with Crippen molar-refractivity contribution in [3.8, 4) is 5.75 Å². The van der Waals surface area contributed by atoms with Gasteiger partial charge < -0.3 is 10.4 Å². The molecule has 3 N–H and O–H groups in total. The number of nitrogens with one attached hydrogen (secondary N) is 2. The van der Waals surface area contributed by atoms with Crippen molar-refractivity contribution in [3.63, 3.8) is 0 Å². The third kappa shape index (κ3) is 7.45. The maximum Gasteiger partial charge on any atom is 0.269 e. The highest BCUT2D eigenvalue weighted by atomic mass is 32.2. The summed E-state index contributed by atoms with van der Waals surface area (Å²) in [5.74, 6) is 0.0116. The summed E-state index contributed by atoms with van der Waals surface area (Å²) < 4.78 is 0. The molecule has 0 fully saturated rings. The predicted molar refractivity (Wildman–Crippen MR) is 131 cm³/mol. The lowest BCUT2D eigenvalue weighted by atomic mass is 10.2. The van der Waals surface area contributed by atoms with Crippen molar-refractivity contribution in [3.05, 3.63) is 106 Å². The number of benzene rings is 3. The Kier molecular flexibility index (Phi) is 8.75. The Morgan fingerprint density at radius 3 is 2.35 bits per heavy atom. The van der Waals surface area contributed by atoms with E-state index in [2.05, 4.69) is 15.8 Å². The van der Waals surface area contributed by atoms with Crippen LogP contribution in [-0.4, -0.2) is 39.9 Å². The molecule has 0 saturated carbocycles. The van der Waals surface area contributed by atoms with Gasteiger partial charge in [-0.2, -0.15) is 16.9 Å². The molecule has 9 nitrogen and oxygen atoms in total. The topological polar surface area (TPSA) is 134 Å². The van der Waals surface area contributed by atoms with Crippen molar-refractivity contribution >= 4 is 35.5 Å². The molecule has 0 aliphatic rings. The summed E-state index contributed by atoms with van der Waals surface area (Å²) in [4.78, 5) is 35.7. The average Bonchev–Trinajstić information content (AvgIpc) is 2.85. The first-order valence-corrected chi connectivity index (χ1v) is 11.4. The monoisotopic (exact) mass is 478 g/mol. The van der Waals surface area contributed by atoms with Gasteiger partial charge in [-0.25, -0.2) is 5.43 Å². The molecule has 0 aliphatic carbocycles. The van der Waals surface area contributed by atoms with Crippen molar-refractivity contribution in [1.82, 2.24) is 10.7 Å². The Balaban J connectivity index is 1.65. The molecule has 3 rings (SSSR count). The minimum Gasteiger partial charge on any atom is -0.508 e. The number of nitro benzene ring substituents is 1. The van der Waals surface area contributed by atoms with Crippen LogP contribution in [0.5, 0.6) is 5.75 Å². The van der Waals surface area contributed by atoms with Gasteiger partial charge in [-0.1, -0.05) is 30.3 Å². The number of hydrazone groups is 1. The molecule has 0 saturated heterocycles. The standard InChI is InChI=1S/C24H22N4O5S/c29-21-12-6-17(7-13-21)14-25-27-24(31)22(16-34-15-18-4-2-1-3-5-18)26-23(30)19-8-10-20(11-9-19)28(32)33/h1-14,22,29H,15-16H2,(H,26,30)(H,27,31)/b25-14+. The Morgan fingerprint density at radius 1 is 1.03 bits per heavy atom. The smallest absolute Gasteiger partial charge is 0.269 e. The van der Waals surface area contributed by atoms with Crippen molar-refractivity contribution in [2.24, 2.45) is 5.10 Å². The number of carbonyl (C=O) groups excluding carboxylic acids is 2. The molecule has 1 unspecified atom stereocenters. The summed E-state index contributed by atoms with van der Waals surface area (Å²) in [5.41, 5.74) is 4.24. The van der Waals surface area contributed by atoms with E-state index in [0.29, 0.717) is 11.3 Å². The fourth-order valence-corrected chi connectivity index (χ4v) is 3.85. The van der Waals surface area contributed by atoms with E-state index in [1.165, 1.54) is 54.4 Å². The third-order valence-corrected chi connectivity index (χ3v) is 5.75. The van der Waals surface area contributed by atoms with Gasteiger partial charge in [0, 0.05) is 29.2 Å². The van der Waals surface area contributed by atoms with Gasteiger partial charge in [-0.05, 0) is 47.5 Å². The number of aromatic hydroxyl groups is 1. The van der Waals surface area contributed by atoms with Gasteiger partial charge in [0.25, 0.3) is 17.5 Å². The molecule has 0 spiro atoms. The summed E-state index contributed by atoms with van der Waals surface area (Å²) in [5, 5.41) is 26.8. The quantitative estimate of drug-likeness (QED) is 0.232.